The van der Waals surface area contributed by atoms with Gasteiger partial charge in [0.1, 0.15) is 5.60 Å². The van der Waals surface area contributed by atoms with Crippen molar-refractivity contribution in [3.63, 3.8) is 0 Å². The minimum absolute atomic E-state index is 0. The fourth-order valence-electron chi connectivity index (χ4n) is 23.3. The van der Waals surface area contributed by atoms with Crippen molar-refractivity contribution >= 4 is 5.78 Å². The molecule has 12 aromatic carbocycles. The van der Waals surface area contributed by atoms with E-state index in [0.29, 0.717) is 13.3 Å². The molecule has 3 fully saturated rings. The summed E-state index contributed by atoms with van der Waals surface area (Å²) in [6.45, 7) is 16.1. The SMILES string of the molecule is C.C.C.C1=CCC2(CC1)c1ccccc1CCc1ccccc12.C1CCOC1.C=CCCC1(CC=C)c2ccccc2CCc2ccccc21.C=CCCC1(O)c2ccccc2CCc2ccccc21.O=C1c2ccccc2CCc2ccccc21.OC1CCC2(CC1)c1ccccc1CCc1ccccc12.OC1CCCC2(C1)c1ccccc1CCc1ccccc12.[2H]CC. The number of hydrogen-bond acceptors (Lipinski definition) is 5. The highest BCUT2D eigenvalue weighted by atomic mass is 16.5. The molecule has 9 aliphatic carbocycles. The van der Waals surface area contributed by atoms with Crippen molar-refractivity contribution in [3.8, 4) is 0 Å². The molecule has 1 saturated heterocycles. The van der Waals surface area contributed by atoms with Crippen molar-refractivity contribution in [1.29, 1.82) is 0 Å². The van der Waals surface area contributed by atoms with Gasteiger partial charge in [0.15, 0.2) is 5.78 Å². The van der Waals surface area contributed by atoms with Gasteiger partial charge in [0.25, 0.3) is 0 Å². The van der Waals surface area contributed by atoms with Crippen molar-refractivity contribution in [1.82, 2.24) is 0 Å². The van der Waals surface area contributed by atoms with E-state index in [1.807, 2.05) is 60.7 Å². The third kappa shape index (κ3) is 21.3. The van der Waals surface area contributed by atoms with E-state index in [-0.39, 0.29) is 61.9 Å². The van der Waals surface area contributed by atoms with Gasteiger partial charge in [0, 0.05) is 47.4 Å². The second-order valence-electron chi connectivity index (χ2n) is 36.6. The molecule has 130 heavy (non-hydrogen) atoms. The van der Waals surface area contributed by atoms with Gasteiger partial charge in [0.2, 0.25) is 0 Å². The summed E-state index contributed by atoms with van der Waals surface area (Å²) in [6, 6.07) is 104. The van der Waals surface area contributed by atoms with Crippen molar-refractivity contribution < 1.29 is 26.2 Å². The number of carbonyl (C=O) groups is 1. The predicted octanol–water partition coefficient (Wildman–Crippen LogP) is 29.2. The summed E-state index contributed by atoms with van der Waals surface area (Å²) in [5.41, 5.74) is 32.4. The molecule has 0 radical (unpaired) electrons. The lowest BCUT2D eigenvalue weighted by atomic mass is 9.63. The molecule has 1 aliphatic heterocycles. The van der Waals surface area contributed by atoms with Gasteiger partial charge >= 0.3 is 0 Å². The lowest BCUT2D eigenvalue weighted by molar-refractivity contribution is 0.0715. The molecule has 5 nitrogen and oxygen atoms in total. The molecule has 3 spiro atoms. The Balaban J connectivity index is 0.000000139. The second-order valence-corrected chi connectivity index (χ2v) is 36.6. The number of ketones is 1. The summed E-state index contributed by atoms with van der Waals surface area (Å²) in [6.07, 6.45) is 42.3. The summed E-state index contributed by atoms with van der Waals surface area (Å²) in [7, 11) is 0. The number of aryl methyl sites for hydroxylation is 12. The van der Waals surface area contributed by atoms with Gasteiger partial charge in [0.05, 0.1) is 12.2 Å². The quantitative estimate of drug-likeness (QED) is 0.132. The van der Waals surface area contributed by atoms with Gasteiger partial charge in [-0.3, -0.25) is 4.79 Å². The zero-order valence-corrected chi connectivity index (χ0v) is 75.4. The van der Waals surface area contributed by atoms with Crippen LogP contribution in [0.2, 0.25) is 0 Å². The molecule has 676 valence electrons. The molecule has 0 aromatic heterocycles. The van der Waals surface area contributed by atoms with Crippen LogP contribution in [0.15, 0.2) is 341 Å². The third-order valence-corrected chi connectivity index (χ3v) is 29.4. The van der Waals surface area contributed by atoms with Gasteiger partial charge < -0.3 is 20.1 Å². The maximum absolute atomic E-state index is 12.3. The van der Waals surface area contributed by atoms with Crippen LogP contribution in [0, 0.1) is 0 Å². The summed E-state index contributed by atoms with van der Waals surface area (Å²) in [5, 5.41) is 31.8. The van der Waals surface area contributed by atoms with Crippen LogP contribution in [0.3, 0.4) is 0 Å². The van der Waals surface area contributed by atoms with E-state index in [9.17, 15) is 20.1 Å². The fourth-order valence-corrected chi connectivity index (χ4v) is 23.3. The van der Waals surface area contributed by atoms with Crippen LogP contribution in [-0.2, 0) is 109 Å². The molecule has 10 aliphatic rings. The van der Waals surface area contributed by atoms with Crippen LogP contribution in [0.25, 0.3) is 0 Å². The van der Waals surface area contributed by atoms with E-state index < -0.39 is 5.60 Å². The van der Waals surface area contributed by atoms with E-state index in [0.717, 1.165) is 183 Å². The molecular weight excluding hydrogens is 1580 g/mol. The molecule has 22 rings (SSSR count). The lowest BCUT2D eigenvalue weighted by Crippen LogP contribution is -2.37. The summed E-state index contributed by atoms with van der Waals surface area (Å²) >= 11 is 0. The molecule has 12 aromatic rings. The summed E-state index contributed by atoms with van der Waals surface area (Å²) < 4.78 is 11.2. The van der Waals surface area contributed by atoms with Crippen LogP contribution in [0.5, 0.6) is 0 Å². The standard InChI is InChI=1S/C22H24.2C20H22O.C20H20.C19H20O.C15H12O.C4H8O.C2H6.3CH4/c1-3-5-17-22(16-4-2)20-12-8-6-10-18(20)14-15-19-11-7-9-13-21(19)22;21-17-8-5-13-20(14-17)18-9-3-1-6-15(18)11-12-16-7-2-4-10-19(16)20;21-17-11-13-20(14-12-17)18-7-3-1-5-15(18)9-10-16-6-2-4-8-19(16)20;1-6-14-20(15-7-1)18-10-4-2-8-16(18)12-13-17-9-3-5-11-19(17)20;1-2-3-14-19(20)17-10-6-4-8-15(17)12-13-16-9-5-7-11-18(16)19;16-15-13-7-3-1-5-11(13)9-10-12-6-2-4-8-14(12)15;1-2-4-5-3-1;1-2;;;/h3-4,6-13H,1-2,5,14-17H2;1-4,6-7,9-10,17,21H,5,8,11-14H2;1-8,17,21H,9-14H2;1-6,8-11H,7,12-15H2;2,4-11,20H,1,3,12-14H2;1-8H,9-10H2;1-4H2;1-2H3;3*1H4/i;;;;;;;1D;;;. The Morgan fingerprint density at radius 1 is 0.346 bits per heavy atom. The van der Waals surface area contributed by atoms with Gasteiger partial charge in [-0.15, -0.1) is 19.7 Å². The molecule has 5 heteroatoms. The molecule has 0 amide bonds. The van der Waals surface area contributed by atoms with E-state index in [4.69, 9.17) is 6.11 Å². The Kier molecular flexibility index (Phi) is 34.8. The van der Waals surface area contributed by atoms with Gasteiger partial charge in [-0.05, 0) is 315 Å². The first-order valence-electron chi connectivity index (χ1n) is 48.5. The number of hydrogen-bond donors (Lipinski definition) is 3. The van der Waals surface area contributed by atoms with E-state index in [1.165, 1.54) is 128 Å². The Morgan fingerprint density at radius 2 is 0.646 bits per heavy atom. The van der Waals surface area contributed by atoms with E-state index >= 15 is 0 Å². The number of carbonyl (C=O) groups excluding carboxylic acids is 1. The molecule has 2 saturated carbocycles. The summed E-state index contributed by atoms with van der Waals surface area (Å²) in [4.78, 5) is 12.3. The monoisotopic (exact) mass is 1730 g/mol. The Hall–Kier alpha value is -10.9. The van der Waals surface area contributed by atoms with Crippen LogP contribution in [0.4, 0.5) is 0 Å². The Morgan fingerprint density at radius 3 is 0.977 bits per heavy atom. The topological polar surface area (TPSA) is 87.0 Å². The molecule has 1 heterocycles. The molecule has 3 N–H and O–H groups in total. The van der Waals surface area contributed by atoms with E-state index in [1.54, 1.807) is 29.2 Å². The number of aliphatic hydroxyl groups excluding tert-OH is 2. The smallest absolute Gasteiger partial charge is 0.193 e. The van der Waals surface area contributed by atoms with Gasteiger partial charge in [-0.1, -0.05) is 358 Å². The first kappa shape index (κ1) is 96.7. The highest BCUT2D eigenvalue weighted by Gasteiger charge is 2.46. The molecule has 0 bridgehead atoms. The third-order valence-electron chi connectivity index (χ3n) is 29.4. The van der Waals surface area contributed by atoms with Crippen molar-refractivity contribution in [3.05, 3.63) is 475 Å². The molecular formula is C125H146O5. The Bertz CT molecular complexity index is 5450. The summed E-state index contributed by atoms with van der Waals surface area (Å²) in [5.74, 6) is 0.170. The van der Waals surface area contributed by atoms with Crippen molar-refractivity contribution in [2.45, 2.75) is 268 Å². The van der Waals surface area contributed by atoms with Crippen LogP contribution in [-0.4, -0.2) is 46.5 Å². The minimum Gasteiger partial charge on any atom is -0.393 e. The van der Waals surface area contributed by atoms with E-state index in [2.05, 4.69) is 281 Å². The fraction of sp³-hybridized carbons (Fsp3) is 0.352. The first-order chi connectivity index (χ1) is 62.8. The second kappa shape index (κ2) is 46.8. The largest absolute Gasteiger partial charge is 0.393 e. The molecule has 1 atom stereocenters. The first-order valence-corrected chi connectivity index (χ1v) is 47.8. The predicted molar refractivity (Wildman–Crippen MR) is 549 cm³/mol. The average molecular weight is 1730 g/mol. The number of fused-ring (bicyclic) bond motifs is 18. The normalized spacial score (nSPS) is 17.8. The highest BCUT2D eigenvalue weighted by Crippen LogP contribution is 2.53. The lowest BCUT2D eigenvalue weighted by Gasteiger charge is -2.41. The van der Waals surface area contributed by atoms with Crippen LogP contribution >= 0.6 is 0 Å². The maximum atomic E-state index is 12.3. The van der Waals surface area contributed by atoms with Crippen LogP contribution in [0.1, 0.15) is 291 Å². The number of allylic oxidation sites excluding steroid dienone is 5. The van der Waals surface area contributed by atoms with Crippen molar-refractivity contribution in [2.24, 2.45) is 0 Å². The number of benzene rings is 12. The van der Waals surface area contributed by atoms with Crippen molar-refractivity contribution in [2.75, 3.05) is 13.2 Å². The number of ether oxygens (including phenoxy) is 1. The Labute approximate surface area is 783 Å². The zero-order chi connectivity index (χ0) is 88.6. The average Bonchev–Trinajstić information content (AvgIpc) is 1.67. The molecule has 1 unspecified atom stereocenters. The number of rotatable bonds is 8. The zero-order valence-electron chi connectivity index (χ0n) is 76.4. The highest BCUT2D eigenvalue weighted by molar-refractivity contribution is 6.11. The minimum atomic E-state index is -0.891. The van der Waals surface area contributed by atoms with Crippen LogP contribution < -0.4 is 0 Å². The van der Waals surface area contributed by atoms with Gasteiger partial charge in [-0.25, -0.2) is 0 Å². The maximum Gasteiger partial charge on any atom is 0.193 e. The number of aliphatic hydroxyl groups is 3. The van der Waals surface area contributed by atoms with Gasteiger partial charge in [-0.2, -0.15) is 0 Å².